The number of rotatable bonds is 12. The number of nitrogens with one attached hydrogen (secondary N) is 4. The Labute approximate surface area is 383 Å². The van der Waals surface area contributed by atoms with Crippen LogP contribution in [0.25, 0.3) is 27.6 Å². The van der Waals surface area contributed by atoms with E-state index in [9.17, 15) is 29.4 Å². The van der Waals surface area contributed by atoms with Gasteiger partial charge in [-0.05, 0) is 84.7 Å². The zero-order valence-corrected chi connectivity index (χ0v) is 38.6. The van der Waals surface area contributed by atoms with Crippen LogP contribution >= 0.6 is 0 Å². The highest BCUT2D eigenvalue weighted by Gasteiger charge is 2.43. The molecule has 2 aromatic heterocycles. The van der Waals surface area contributed by atoms with Crippen molar-refractivity contribution in [2.75, 3.05) is 32.2 Å². The minimum absolute atomic E-state index is 0.0236. The van der Waals surface area contributed by atoms with E-state index in [2.05, 4.69) is 80.6 Å². The number of aromatic amines is 2. The standard InChI is InChI=1S/C49H61N9O8/c1-25(2)28-9-13-31(14-10-28)58-38(29-11-15-34-36(19-29)52-44(50-34)40-21-32(59)23-56(40)46(61)42(26(3)4)54-48(63)65-7)17-18-39(58)30-12-16-35-37(20-30)53-45(51-35)41-22-33(60)24-57(41)47(62)43(27(5)6)55-49(64)66-8/h9-16,19-20,26-27,32-33,38-43,59-60H,1,17-18,21-24H2,2-8H3,(H,50,52)(H,51,53)(H,54,63)(H,55,64)/t32-,33-,38+,39+,40-,41-,42-,43-/m0/s1. The lowest BCUT2D eigenvalue weighted by Gasteiger charge is -2.33. The van der Waals surface area contributed by atoms with E-state index in [0.717, 1.165) is 62.9 Å². The maximum Gasteiger partial charge on any atom is 0.407 e. The van der Waals surface area contributed by atoms with Crippen molar-refractivity contribution in [3.8, 4) is 0 Å². The summed E-state index contributed by atoms with van der Waals surface area (Å²) < 4.78 is 9.59. The Morgan fingerprint density at radius 2 is 1.11 bits per heavy atom. The summed E-state index contributed by atoms with van der Waals surface area (Å²) in [5, 5.41) is 26.9. The fourth-order valence-electron chi connectivity index (χ4n) is 9.96. The fourth-order valence-corrected chi connectivity index (χ4v) is 9.96. The zero-order valence-electron chi connectivity index (χ0n) is 38.6. The molecule has 3 saturated heterocycles. The first-order valence-corrected chi connectivity index (χ1v) is 22.7. The van der Waals surface area contributed by atoms with Gasteiger partial charge in [0.05, 0.1) is 72.7 Å². The number of carbonyl (C=O) groups excluding carboxylic acids is 4. The molecule has 8 rings (SSSR count). The molecule has 66 heavy (non-hydrogen) atoms. The molecule has 6 N–H and O–H groups in total. The van der Waals surface area contributed by atoms with Crippen LogP contribution in [-0.4, -0.2) is 116 Å². The second kappa shape index (κ2) is 18.8. The van der Waals surface area contributed by atoms with Crippen LogP contribution in [0.3, 0.4) is 0 Å². The van der Waals surface area contributed by atoms with Gasteiger partial charge in [0.1, 0.15) is 23.7 Å². The summed E-state index contributed by atoms with van der Waals surface area (Å²) in [6.45, 7) is 13.8. The molecule has 0 bridgehead atoms. The van der Waals surface area contributed by atoms with Gasteiger partial charge in [0.2, 0.25) is 11.8 Å². The number of imidazole rings is 2. The largest absolute Gasteiger partial charge is 0.453 e. The molecule has 0 unspecified atom stereocenters. The highest BCUT2D eigenvalue weighted by molar-refractivity contribution is 5.88. The van der Waals surface area contributed by atoms with E-state index in [1.807, 2.05) is 46.8 Å². The SMILES string of the molecule is C=C(C)c1ccc(N2[C@@H](c3ccc4nc([C@@H]5C[C@H](O)CN5C(=O)[C@@H](NC(=O)OC)C(C)C)[nH]c4c3)CC[C@@H]2c2ccc3nc([C@@H]4C[C@H](O)CN4C(=O)[C@@H](NC(=O)OC)C(C)C)[nH]c3c2)cc1. The average Bonchev–Trinajstić information content (AvgIpc) is 4.15. The van der Waals surface area contributed by atoms with Gasteiger partial charge in [-0.15, -0.1) is 0 Å². The normalized spacial score (nSPS) is 22.9. The van der Waals surface area contributed by atoms with Gasteiger partial charge in [0.15, 0.2) is 0 Å². The van der Waals surface area contributed by atoms with Gasteiger partial charge < -0.3 is 55.0 Å². The number of alkyl carbamates (subject to hydrolysis) is 2. The average molecular weight is 904 g/mol. The van der Waals surface area contributed by atoms with Gasteiger partial charge in [-0.3, -0.25) is 9.59 Å². The van der Waals surface area contributed by atoms with Gasteiger partial charge in [-0.1, -0.05) is 64.1 Å². The number of anilines is 1. The first kappa shape index (κ1) is 46.1. The van der Waals surface area contributed by atoms with E-state index >= 15 is 0 Å². The summed E-state index contributed by atoms with van der Waals surface area (Å²) in [4.78, 5) is 74.6. The van der Waals surface area contributed by atoms with Crippen LogP contribution in [0.5, 0.6) is 0 Å². The van der Waals surface area contributed by atoms with Crippen molar-refractivity contribution in [3.05, 3.63) is 95.6 Å². The molecule has 3 fully saturated rings. The van der Waals surface area contributed by atoms with Crippen LogP contribution < -0.4 is 15.5 Å². The van der Waals surface area contributed by atoms with E-state index in [-0.39, 0.29) is 48.8 Å². The molecule has 3 aliphatic heterocycles. The topological polar surface area (TPSA) is 218 Å². The molecule has 0 radical (unpaired) electrons. The Balaban J connectivity index is 1.09. The van der Waals surface area contributed by atoms with Crippen LogP contribution in [-0.2, 0) is 19.1 Å². The van der Waals surface area contributed by atoms with E-state index < -0.39 is 48.6 Å². The van der Waals surface area contributed by atoms with Crippen LogP contribution in [0, 0.1) is 11.8 Å². The molecule has 5 heterocycles. The molecule has 3 aromatic carbocycles. The number of allylic oxidation sites excluding steroid dienone is 1. The molecule has 5 aromatic rings. The Hall–Kier alpha value is -6.46. The third-order valence-corrected chi connectivity index (χ3v) is 13.4. The maximum absolute atomic E-state index is 13.9. The van der Waals surface area contributed by atoms with Crippen molar-refractivity contribution in [2.45, 2.75) is 109 Å². The second-order valence-electron chi connectivity index (χ2n) is 18.6. The van der Waals surface area contributed by atoms with Gasteiger partial charge in [0.25, 0.3) is 0 Å². The second-order valence-corrected chi connectivity index (χ2v) is 18.6. The lowest BCUT2D eigenvalue weighted by molar-refractivity contribution is -0.136. The number of aliphatic hydroxyl groups excluding tert-OH is 2. The summed E-state index contributed by atoms with van der Waals surface area (Å²) in [5.74, 6) is 0.0556. The third kappa shape index (κ3) is 9.05. The zero-order chi connectivity index (χ0) is 47.1. The first-order valence-electron chi connectivity index (χ1n) is 22.7. The van der Waals surface area contributed by atoms with Gasteiger partial charge in [-0.2, -0.15) is 0 Å². The van der Waals surface area contributed by atoms with E-state index in [1.54, 1.807) is 9.80 Å². The number of nitrogens with zero attached hydrogens (tertiary/aromatic N) is 5. The minimum atomic E-state index is -0.841. The summed E-state index contributed by atoms with van der Waals surface area (Å²) in [6.07, 6.45) is -0.611. The lowest BCUT2D eigenvalue weighted by Crippen LogP contribution is -2.51. The van der Waals surface area contributed by atoms with E-state index in [0.29, 0.717) is 24.5 Å². The van der Waals surface area contributed by atoms with Crippen molar-refractivity contribution in [1.29, 1.82) is 0 Å². The predicted octanol–water partition coefficient (Wildman–Crippen LogP) is 6.58. The van der Waals surface area contributed by atoms with Crippen molar-refractivity contribution >= 4 is 57.3 Å². The minimum Gasteiger partial charge on any atom is -0.453 e. The summed E-state index contributed by atoms with van der Waals surface area (Å²) in [7, 11) is 2.51. The van der Waals surface area contributed by atoms with Crippen molar-refractivity contribution in [2.24, 2.45) is 11.8 Å². The molecule has 0 saturated carbocycles. The molecule has 3 aliphatic rings. The van der Waals surface area contributed by atoms with Crippen LogP contribution in [0.1, 0.15) is 113 Å². The molecule has 4 amide bonds. The number of amides is 4. The fraction of sp³-hybridized carbons (Fsp3) is 0.469. The van der Waals surface area contributed by atoms with Crippen molar-refractivity contribution in [3.63, 3.8) is 0 Å². The Kier molecular flexibility index (Phi) is 13.1. The number of β-amino-alcohol motifs (C(OH)–C–C–N with tert-alkyl or cyclic N) is 2. The number of hydrogen-bond acceptors (Lipinski definition) is 11. The Morgan fingerprint density at radius 1 is 0.682 bits per heavy atom. The smallest absolute Gasteiger partial charge is 0.407 e. The number of benzene rings is 3. The highest BCUT2D eigenvalue weighted by Crippen LogP contribution is 2.48. The summed E-state index contributed by atoms with van der Waals surface area (Å²) in [6, 6.07) is 18.1. The third-order valence-electron chi connectivity index (χ3n) is 13.4. The number of aromatic nitrogens is 4. The molecule has 17 nitrogen and oxygen atoms in total. The van der Waals surface area contributed by atoms with Crippen LogP contribution in [0.4, 0.5) is 15.3 Å². The quantitative estimate of drug-likeness (QED) is 0.0785. The number of methoxy groups -OCH3 is 2. The lowest BCUT2D eigenvalue weighted by atomic mass is 10.0. The van der Waals surface area contributed by atoms with E-state index in [4.69, 9.17) is 19.4 Å². The molecule has 8 atom stereocenters. The summed E-state index contributed by atoms with van der Waals surface area (Å²) in [5.41, 5.74) is 8.33. The van der Waals surface area contributed by atoms with Gasteiger partial charge >= 0.3 is 12.2 Å². The number of likely N-dealkylation sites (tertiary alicyclic amines) is 2. The van der Waals surface area contributed by atoms with Crippen LogP contribution in [0.15, 0.2) is 67.2 Å². The number of aliphatic hydroxyl groups is 2. The van der Waals surface area contributed by atoms with Gasteiger partial charge in [-0.25, -0.2) is 19.6 Å². The molecule has 0 aliphatic carbocycles. The summed E-state index contributed by atoms with van der Waals surface area (Å²) >= 11 is 0. The molecule has 17 heteroatoms. The number of ether oxygens (including phenoxy) is 2. The van der Waals surface area contributed by atoms with Crippen LogP contribution in [0.2, 0.25) is 0 Å². The molecular weight excluding hydrogens is 843 g/mol. The number of H-pyrrole nitrogens is 2. The van der Waals surface area contributed by atoms with E-state index in [1.165, 1.54) is 14.2 Å². The number of hydrogen-bond donors (Lipinski definition) is 6. The Morgan fingerprint density at radius 3 is 1.48 bits per heavy atom. The van der Waals surface area contributed by atoms with Crippen molar-refractivity contribution < 1.29 is 38.9 Å². The van der Waals surface area contributed by atoms with Crippen molar-refractivity contribution in [1.82, 2.24) is 40.4 Å². The molecule has 350 valence electrons. The number of fused-ring (bicyclic) bond motifs is 2. The first-order chi connectivity index (χ1) is 31.5. The monoisotopic (exact) mass is 903 g/mol. The van der Waals surface area contributed by atoms with Gasteiger partial charge in [0, 0.05) is 31.6 Å². The maximum atomic E-state index is 13.9. The predicted molar refractivity (Wildman–Crippen MR) is 249 cm³/mol. The molecular formula is C49H61N9O8. The number of carbonyl (C=O) groups is 4. The molecule has 0 spiro atoms. The Bertz CT molecular complexity index is 2470. The highest BCUT2D eigenvalue weighted by atomic mass is 16.5.